The second-order valence-corrected chi connectivity index (χ2v) is 7.20. The van der Waals surface area contributed by atoms with E-state index in [0.29, 0.717) is 13.0 Å². The predicted octanol–water partition coefficient (Wildman–Crippen LogP) is 3.25. The van der Waals surface area contributed by atoms with Gasteiger partial charge in [-0.1, -0.05) is 18.2 Å². The monoisotopic (exact) mass is 366 g/mol. The van der Waals surface area contributed by atoms with Gasteiger partial charge in [-0.3, -0.25) is 9.59 Å². The molecule has 1 saturated carbocycles. The van der Waals surface area contributed by atoms with Gasteiger partial charge in [-0.05, 0) is 67.6 Å². The molecule has 0 radical (unpaired) electrons. The van der Waals surface area contributed by atoms with Crippen LogP contribution < -0.4 is 15.4 Å². The number of carbonyl (C=O) groups is 2. The van der Waals surface area contributed by atoms with E-state index in [1.54, 1.807) is 7.11 Å². The van der Waals surface area contributed by atoms with Crippen LogP contribution in [-0.2, 0) is 16.0 Å². The first kappa shape index (κ1) is 19.0. The van der Waals surface area contributed by atoms with Crippen molar-refractivity contribution in [2.75, 3.05) is 19.0 Å². The first-order chi connectivity index (χ1) is 13.0. The third kappa shape index (κ3) is 5.09. The maximum absolute atomic E-state index is 12.4. The van der Waals surface area contributed by atoms with Crippen LogP contribution in [0.25, 0.3) is 0 Å². The van der Waals surface area contributed by atoms with Gasteiger partial charge in [0.15, 0.2) is 0 Å². The van der Waals surface area contributed by atoms with Crippen molar-refractivity contribution in [2.24, 2.45) is 11.8 Å². The van der Waals surface area contributed by atoms with Crippen molar-refractivity contribution in [3.63, 3.8) is 0 Å². The van der Waals surface area contributed by atoms with Gasteiger partial charge in [0.25, 0.3) is 0 Å². The molecule has 0 saturated heterocycles. The number of carbonyl (C=O) groups excluding carboxylic acids is 2. The van der Waals surface area contributed by atoms with Gasteiger partial charge in [0.1, 0.15) is 5.75 Å². The molecule has 142 valence electrons. The molecule has 0 bridgehead atoms. The lowest BCUT2D eigenvalue weighted by atomic mass is 10.1. The summed E-state index contributed by atoms with van der Waals surface area (Å²) >= 11 is 0. The summed E-state index contributed by atoms with van der Waals surface area (Å²) in [4.78, 5) is 24.6. The second-order valence-electron chi connectivity index (χ2n) is 7.20. The Morgan fingerprint density at radius 1 is 1.00 bits per heavy atom. The number of nitrogens with one attached hydrogen (secondary N) is 2. The van der Waals surface area contributed by atoms with E-state index in [-0.39, 0.29) is 23.7 Å². The maximum Gasteiger partial charge on any atom is 0.228 e. The molecule has 5 nitrogen and oxygen atoms in total. The van der Waals surface area contributed by atoms with Crippen LogP contribution in [0.4, 0.5) is 5.69 Å². The number of rotatable bonds is 7. The first-order valence-corrected chi connectivity index (χ1v) is 9.26. The van der Waals surface area contributed by atoms with Gasteiger partial charge < -0.3 is 15.4 Å². The summed E-state index contributed by atoms with van der Waals surface area (Å²) < 4.78 is 5.13. The smallest absolute Gasteiger partial charge is 0.228 e. The Morgan fingerprint density at radius 2 is 1.63 bits per heavy atom. The Kier molecular flexibility index (Phi) is 5.79. The number of ether oxygens (including phenoxy) is 1. The average molecular weight is 366 g/mol. The Hall–Kier alpha value is -2.82. The SMILES string of the molecule is COc1ccc(CCNC(=O)C2CC2C(=O)Nc2cc(C)cc(C)c2)cc1. The van der Waals surface area contributed by atoms with Gasteiger partial charge in [0, 0.05) is 12.2 Å². The molecule has 2 amide bonds. The molecule has 0 spiro atoms. The van der Waals surface area contributed by atoms with Crippen LogP contribution in [0.2, 0.25) is 0 Å². The van der Waals surface area contributed by atoms with Crippen molar-refractivity contribution in [1.29, 1.82) is 0 Å². The van der Waals surface area contributed by atoms with Crippen molar-refractivity contribution in [2.45, 2.75) is 26.7 Å². The van der Waals surface area contributed by atoms with E-state index >= 15 is 0 Å². The Labute approximate surface area is 160 Å². The van der Waals surface area contributed by atoms with Gasteiger partial charge in [0.2, 0.25) is 11.8 Å². The molecular weight excluding hydrogens is 340 g/mol. The van der Waals surface area contributed by atoms with Crippen molar-refractivity contribution < 1.29 is 14.3 Å². The number of anilines is 1. The summed E-state index contributed by atoms with van der Waals surface area (Å²) in [6.07, 6.45) is 1.37. The van der Waals surface area contributed by atoms with Crippen molar-refractivity contribution in [3.05, 3.63) is 59.2 Å². The zero-order valence-electron chi connectivity index (χ0n) is 16.0. The molecule has 2 aromatic carbocycles. The lowest BCUT2D eigenvalue weighted by Gasteiger charge is -2.08. The Bertz CT molecular complexity index is 810. The van der Waals surface area contributed by atoms with Gasteiger partial charge >= 0.3 is 0 Å². The molecule has 3 rings (SSSR count). The molecule has 0 aromatic heterocycles. The minimum Gasteiger partial charge on any atom is -0.497 e. The third-order valence-electron chi connectivity index (χ3n) is 4.83. The molecule has 2 aromatic rings. The number of methoxy groups -OCH3 is 1. The highest BCUT2D eigenvalue weighted by Crippen LogP contribution is 2.39. The summed E-state index contributed by atoms with van der Waals surface area (Å²) in [5, 5.41) is 5.87. The van der Waals surface area contributed by atoms with Crippen molar-refractivity contribution >= 4 is 17.5 Å². The van der Waals surface area contributed by atoms with E-state index in [2.05, 4.69) is 16.7 Å². The molecule has 2 unspecified atom stereocenters. The van der Waals surface area contributed by atoms with Crippen LogP contribution in [0.1, 0.15) is 23.1 Å². The largest absolute Gasteiger partial charge is 0.497 e. The normalized spacial score (nSPS) is 17.9. The van der Waals surface area contributed by atoms with Crippen LogP contribution in [-0.4, -0.2) is 25.5 Å². The van der Waals surface area contributed by atoms with Crippen molar-refractivity contribution in [1.82, 2.24) is 5.32 Å². The molecule has 2 N–H and O–H groups in total. The summed E-state index contributed by atoms with van der Waals surface area (Å²) in [6.45, 7) is 4.56. The van der Waals surface area contributed by atoms with Gasteiger partial charge in [0.05, 0.1) is 18.9 Å². The second kappa shape index (κ2) is 8.25. The molecule has 1 fully saturated rings. The zero-order valence-corrected chi connectivity index (χ0v) is 16.0. The summed E-state index contributed by atoms with van der Waals surface area (Å²) in [7, 11) is 1.64. The predicted molar refractivity (Wildman–Crippen MR) is 106 cm³/mol. The van der Waals surface area contributed by atoms with E-state index < -0.39 is 0 Å². The fourth-order valence-corrected chi connectivity index (χ4v) is 3.31. The molecule has 27 heavy (non-hydrogen) atoms. The minimum absolute atomic E-state index is 0.0379. The topological polar surface area (TPSA) is 67.4 Å². The average Bonchev–Trinajstić information content (AvgIpc) is 3.42. The van der Waals surface area contributed by atoms with E-state index in [1.807, 2.05) is 50.2 Å². The molecule has 1 aliphatic rings. The fourth-order valence-electron chi connectivity index (χ4n) is 3.31. The zero-order chi connectivity index (χ0) is 19.4. The molecule has 1 aliphatic carbocycles. The number of benzene rings is 2. The van der Waals surface area contributed by atoms with Crippen LogP contribution in [0, 0.1) is 25.7 Å². The van der Waals surface area contributed by atoms with Gasteiger partial charge in [-0.2, -0.15) is 0 Å². The van der Waals surface area contributed by atoms with Gasteiger partial charge in [-0.15, -0.1) is 0 Å². The number of hydrogen-bond donors (Lipinski definition) is 2. The highest BCUT2D eigenvalue weighted by molar-refractivity contribution is 5.99. The Morgan fingerprint density at radius 3 is 2.26 bits per heavy atom. The number of hydrogen-bond acceptors (Lipinski definition) is 3. The van der Waals surface area contributed by atoms with Crippen LogP contribution in [0.15, 0.2) is 42.5 Å². The van der Waals surface area contributed by atoms with E-state index in [9.17, 15) is 9.59 Å². The van der Waals surface area contributed by atoms with Crippen LogP contribution >= 0.6 is 0 Å². The number of aryl methyl sites for hydroxylation is 2. The van der Waals surface area contributed by atoms with Crippen LogP contribution in [0.5, 0.6) is 5.75 Å². The molecule has 0 aliphatic heterocycles. The minimum atomic E-state index is -0.230. The first-order valence-electron chi connectivity index (χ1n) is 9.26. The lowest BCUT2D eigenvalue weighted by Crippen LogP contribution is -2.29. The third-order valence-corrected chi connectivity index (χ3v) is 4.83. The van der Waals surface area contributed by atoms with Gasteiger partial charge in [-0.25, -0.2) is 0 Å². The molecule has 5 heteroatoms. The maximum atomic E-state index is 12.4. The van der Waals surface area contributed by atoms with E-state index in [0.717, 1.165) is 34.5 Å². The molecule has 2 atom stereocenters. The Balaban J connectivity index is 1.43. The molecular formula is C22H26N2O3. The highest BCUT2D eigenvalue weighted by Gasteiger charge is 2.47. The van der Waals surface area contributed by atoms with Crippen molar-refractivity contribution in [3.8, 4) is 5.75 Å². The van der Waals surface area contributed by atoms with Crippen LogP contribution in [0.3, 0.4) is 0 Å². The molecule has 0 heterocycles. The summed E-state index contributed by atoms with van der Waals surface area (Å²) in [5.74, 6) is 0.261. The number of amides is 2. The standard InChI is InChI=1S/C22H26N2O3/c1-14-10-15(2)12-17(11-14)24-22(26)20-13-19(20)21(25)23-9-8-16-4-6-18(27-3)7-5-16/h4-7,10-12,19-20H,8-9,13H2,1-3H3,(H,23,25)(H,24,26). The van der Waals surface area contributed by atoms with E-state index in [1.165, 1.54) is 0 Å². The fraction of sp³-hybridized carbons (Fsp3) is 0.364. The summed E-state index contributed by atoms with van der Waals surface area (Å²) in [5.41, 5.74) is 4.14. The van der Waals surface area contributed by atoms with E-state index in [4.69, 9.17) is 4.74 Å². The quantitative estimate of drug-likeness (QED) is 0.790. The summed E-state index contributed by atoms with van der Waals surface area (Å²) in [6, 6.07) is 13.7. The highest BCUT2D eigenvalue weighted by atomic mass is 16.5. The lowest BCUT2D eigenvalue weighted by molar-refractivity contribution is -0.125.